The first-order valence-corrected chi connectivity index (χ1v) is 19.2. The molecule has 0 aromatic rings. The van der Waals surface area contributed by atoms with Gasteiger partial charge in [-0.25, -0.2) is 0 Å². The van der Waals surface area contributed by atoms with Gasteiger partial charge in [0.15, 0.2) is 5.78 Å². The van der Waals surface area contributed by atoms with Crippen molar-refractivity contribution in [3.8, 4) is 0 Å². The third kappa shape index (κ3) is 5.31. The number of piperidine rings is 1. The van der Waals surface area contributed by atoms with Crippen LogP contribution in [0.4, 0.5) is 0 Å². The number of ketones is 2. The average molecular weight is 650 g/mol. The van der Waals surface area contributed by atoms with Gasteiger partial charge in [0.2, 0.25) is 5.91 Å². The lowest BCUT2D eigenvalue weighted by Crippen LogP contribution is -2.63. The van der Waals surface area contributed by atoms with E-state index in [-0.39, 0.29) is 58.1 Å². The second-order valence-corrected chi connectivity index (χ2v) is 19.0. The topological polar surface area (TPSA) is 80.8 Å². The van der Waals surface area contributed by atoms with Gasteiger partial charge in [0, 0.05) is 30.3 Å². The summed E-state index contributed by atoms with van der Waals surface area (Å²) < 4.78 is 6.24. The lowest BCUT2D eigenvalue weighted by atomic mass is 9.36. The van der Waals surface area contributed by atoms with E-state index < -0.39 is 10.8 Å². The predicted molar refractivity (Wildman–Crippen MR) is 184 cm³/mol. The number of Topliss-reactive ketones (excluding diaryl/α,β-unsaturated/α-hetero) is 2. The number of amides is 1. The number of ether oxygens (including phenoxy) is 1. The van der Waals surface area contributed by atoms with Crippen molar-refractivity contribution in [1.29, 1.82) is 0 Å². The monoisotopic (exact) mass is 649 g/mol. The number of esters is 1. The lowest BCUT2D eigenvalue weighted by molar-refractivity contribution is -0.213. The fourth-order valence-electron chi connectivity index (χ4n) is 12.8. The summed E-state index contributed by atoms with van der Waals surface area (Å²) in [6, 6.07) is 0. The number of carbonyl (C=O) groups is 4. The highest BCUT2D eigenvalue weighted by atomic mass is 16.5. The molecule has 262 valence electrons. The smallest absolute Gasteiger partial charge is 0.307 e. The third-order valence-corrected chi connectivity index (χ3v) is 15.4. The Bertz CT molecular complexity index is 1350. The summed E-state index contributed by atoms with van der Waals surface area (Å²) in [6.45, 7) is 21.0. The molecule has 0 aromatic carbocycles. The van der Waals surface area contributed by atoms with Gasteiger partial charge in [-0.2, -0.15) is 0 Å². The van der Waals surface area contributed by atoms with Crippen molar-refractivity contribution in [2.24, 2.45) is 56.7 Å². The minimum Gasteiger partial charge on any atom is -0.462 e. The summed E-state index contributed by atoms with van der Waals surface area (Å²) in [5, 5.41) is 0. The average Bonchev–Trinajstić information content (AvgIpc) is 3.31. The summed E-state index contributed by atoms with van der Waals surface area (Å²) in [7, 11) is 0. The van der Waals surface area contributed by atoms with Crippen molar-refractivity contribution in [2.75, 3.05) is 13.1 Å². The molecule has 6 aliphatic rings. The number of fused-ring (bicyclic) bond motifs is 7. The van der Waals surface area contributed by atoms with E-state index in [0.717, 1.165) is 82.9 Å². The first kappa shape index (κ1) is 34.9. The van der Waals surface area contributed by atoms with Crippen molar-refractivity contribution in [1.82, 2.24) is 4.90 Å². The van der Waals surface area contributed by atoms with Crippen LogP contribution in [0.15, 0.2) is 11.1 Å². The molecule has 7 unspecified atom stereocenters. The Balaban J connectivity index is 1.27. The molecule has 5 fully saturated rings. The molecule has 0 aromatic heterocycles. The van der Waals surface area contributed by atoms with Gasteiger partial charge >= 0.3 is 5.97 Å². The number of nitrogens with zero attached hydrogens (tertiary/aromatic N) is 1. The van der Waals surface area contributed by atoms with E-state index in [1.807, 2.05) is 13.8 Å². The fraction of sp³-hybridized carbons (Fsp3) is 0.854. The molecule has 1 saturated heterocycles. The molecule has 5 aliphatic carbocycles. The Morgan fingerprint density at radius 2 is 1.53 bits per heavy atom. The predicted octanol–water partition coefficient (Wildman–Crippen LogP) is 8.51. The number of hydrogen-bond acceptors (Lipinski definition) is 5. The van der Waals surface area contributed by atoms with E-state index in [1.165, 1.54) is 12.0 Å². The molecule has 0 N–H and O–H groups in total. The summed E-state index contributed by atoms with van der Waals surface area (Å²) in [4.78, 5) is 55.7. The quantitative estimate of drug-likeness (QED) is 0.270. The van der Waals surface area contributed by atoms with Crippen molar-refractivity contribution in [2.45, 2.75) is 152 Å². The highest BCUT2D eigenvalue weighted by molar-refractivity contribution is 6.06. The van der Waals surface area contributed by atoms with Gasteiger partial charge < -0.3 is 9.64 Å². The molecule has 0 radical (unpaired) electrons. The maximum atomic E-state index is 14.5. The number of carbonyl (C=O) groups excluding carboxylic acids is 4. The molecular formula is C41H63NO5. The van der Waals surface area contributed by atoms with Crippen LogP contribution in [0.1, 0.15) is 146 Å². The molecule has 1 aliphatic heterocycles. The summed E-state index contributed by atoms with van der Waals surface area (Å²) in [5.41, 5.74) is 1.10. The summed E-state index contributed by atoms with van der Waals surface area (Å²) in [5.74, 6) is 2.22. The van der Waals surface area contributed by atoms with Gasteiger partial charge in [0.1, 0.15) is 11.9 Å². The Labute approximate surface area is 284 Å². The van der Waals surface area contributed by atoms with Gasteiger partial charge in [-0.05, 0) is 129 Å². The van der Waals surface area contributed by atoms with Crippen LogP contribution in [-0.2, 0) is 23.9 Å². The lowest BCUT2D eigenvalue weighted by Gasteiger charge is -2.68. The van der Waals surface area contributed by atoms with E-state index in [2.05, 4.69) is 46.4 Å². The molecule has 1 amide bonds. The SMILES string of the molecule is CC(=O)C(C)(C)CC(=O)OC1CCC2(C)C(CCC3(C)C4CC[C@@]5(C(=O)N6CCCCC6)CC(=O)C(C(C)C)=C5C4CCC32)C1(C)C. The minimum absolute atomic E-state index is 0.0150. The molecule has 1 heterocycles. The Morgan fingerprint density at radius 1 is 0.872 bits per heavy atom. The van der Waals surface area contributed by atoms with Gasteiger partial charge in [0.05, 0.1) is 11.8 Å². The highest BCUT2D eigenvalue weighted by Crippen LogP contribution is 2.73. The number of allylic oxidation sites excluding steroid dienone is 1. The molecule has 8 atom stereocenters. The van der Waals surface area contributed by atoms with E-state index in [1.54, 1.807) is 6.92 Å². The van der Waals surface area contributed by atoms with Crippen LogP contribution in [0.5, 0.6) is 0 Å². The van der Waals surface area contributed by atoms with Crippen LogP contribution >= 0.6 is 0 Å². The first-order valence-electron chi connectivity index (χ1n) is 19.2. The molecule has 47 heavy (non-hydrogen) atoms. The van der Waals surface area contributed by atoms with Crippen molar-refractivity contribution in [3.05, 3.63) is 11.1 Å². The van der Waals surface area contributed by atoms with Crippen LogP contribution < -0.4 is 0 Å². The van der Waals surface area contributed by atoms with Gasteiger partial charge in [-0.15, -0.1) is 0 Å². The van der Waals surface area contributed by atoms with Crippen LogP contribution in [0.3, 0.4) is 0 Å². The second-order valence-electron chi connectivity index (χ2n) is 19.0. The zero-order chi connectivity index (χ0) is 34.3. The Morgan fingerprint density at radius 3 is 2.17 bits per heavy atom. The van der Waals surface area contributed by atoms with Crippen molar-refractivity contribution < 1.29 is 23.9 Å². The van der Waals surface area contributed by atoms with Crippen LogP contribution in [-0.4, -0.2) is 47.5 Å². The number of likely N-dealkylation sites (tertiary alicyclic amines) is 1. The van der Waals surface area contributed by atoms with Crippen LogP contribution in [0.2, 0.25) is 0 Å². The molecule has 0 bridgehead atoms. The third-order valence-electron chi connectivity index (χ3n) is 15.4. The van der Waals surface area contributed by atoms with Crippen LogP contribution in [0, 0.1) is 56.7 Å². The van der Waals surface area contributed by atoms with Crippen molar-refractivity contribution in [3.63, 3.8) is 0 Å². The maximum absolute atomic E-state index is 14.5. The van der Waals surface area contributed by atoms with Gasteiger partial charge in [0.25, 0.3) is 0 Å². The molecule has 6 rings (SSSR count). The zero-order valence-electron chi connectivity index (χ0n) is 31.1. The molecule has 6 nitrogen and oxygen atoms in total. The van der Waals surface area contributed by atoms with Gasteiger partial charge in [-0.3, -0.25) is 19.2 Å². The van der Waals surface area contributed by atoms with E-state index in [9.17, 15) is 19.2 Å². The van der Waals surface area contributed by atoms with E-state index in [0.29, 0.717) is 30.1 Å². The minimum atomic E-state index is -0.708. The standard InChI is InChI=1S/C41H63NO5/c1-25(2)34-29(44)23-41(36(46)42-21-11-10-12-22-42)20-15-28-27(35(34)41)13-14-31-39(28,8)18-16-30-38(6,7)32(17-19-40(30,31)9)47-33(45)24-37(4,5)26(3)43/h25,27-28,30-32H,10-24H2,1-9H3/t27?,28?,30?,31?,32?,39?,40?,41-/m1/s1. The molecule has 4 saturated carbocycles. The van der Waals surface area contributed by atoms with Gasteiger partial charge in [-0.1, -0.05) is 55.4 Å². The van der Waals surface area contributed by atoms with E-state index >= 15 is 0 Å². The second kappa shape index (κ2) is 11.8. The van der Waals surface area contributed by atoms with E-state index in [4.69, 9.17) is 4.74 Å². The molecular weight excluding hydrogens is 586 g/mol. The number of hydrogen-bond donors (Lipinski definition) is 0. The first-order chi connectivity index (χ1) is 21.9. The normalized spacial score (nSPS) is 39.9. The zero-order valence-corrected chi connectivity index (χ0v) is 31.1. The Kier molecular flexibility index (Phi) is 8.77. The van der Waals surface area contributed by atoms with Crippen LogP contribution in [0.25, 0.3) is 0 Å². The molecule has 0 spiro atoms. The fourth-order valence-corrected chi connectivity index (χ4v) is 12.8. The molecule has 6 heteroatoms. The Hall–Kier alpha value is -1.98. The summed E-state index contributed by atoms with van der Waals surface area (Å²) in [6.07, 6.45) is 11.9. The highest BCUT2D eigenvalue weighted by Gasteiger charge is 2.67. The van der Waals surface area contributed by atoms with Crippen molar-refractivity contribution >= 4 is 23.4 Å². The summed E-state index contributed by atoms with van der Waals surface area (Å²) >= 11 is 0. The number of rotatable bonds is 6. The maximum Gasteiger partial charge on any atom is 0.307 e. The largest absolute Gasteiger partial charge is 0.462 e.